The van der Waals surface area contributed by atoms with E-state index in [0.717, 1.165) is 15.5 Å². The van der Waals surface area contributed by atoms with Gasteiger partial charge in [0, 0.05) is 21.5 Å². The first-order chi connectivity index (χ1) is 10.2. The van der Waals surface area contributed by atoms with E-state index in [1.165, 1.54) is 11.8 Å². The van der Waals surface area contributed by atoms with E-state index in [0.29, 0.717) is 16.7 Å². The van der Waals surface area contributed by atoms with Crippen molar-refractivity contribution in [2.45, 2.75) is 9.92 Å². The van der Waals surface area contributed by atoms with E-state index < -0.39 is 0 Å². The maximum atomic E-state index is 5.89. The molecule has 0 fully saturated rings. The molecule has 3 rings (SSSR count). The van der Waals surface area contributed by atoms with Gasteiger partial charge in [0.25, 0.3) is 0 Å². The van der Waals surface area contributed by atoms with Gasteiger partial charge in [-0.1, -0.05) is 53.7 Å². The summed E-state index contributed by atoms with van der Waals surface area (Å²) in [6, 6.07) is 19.2. The van der Waals surface area contributed by atoms with Gasteiger partial charge in [0.05, 0.1) is 0 Å². The van der Waals surface area contributed by atoms with Gasteiger partial charge in [0.1, 0.15) is 10.8 Å². The Bertz CT molecular complexity index is 745. The molecule has 2 N–H and O–H groups in total. The summed E-state index contributed by atoms with van der Waals surface area (Å²) in [5, 5.41) is 1.52. The highest BCUT2D eigenvalue weighted by Gasteiger charge is 2.06. The molecule has 0 atom stereocenters. The molecule has 1 heterocycles. The molecule has 1 aromatic heterocycles. The largest absolute Gasteiger partial charge is 0.384 e. The van der Waals surface area contributed by atoms with Crippen molar-refractivity contribution in [1.82, 2.24) is 9.97 Å². The van der Waals surface area contributed by atoms with Crippen LogP contribution >= 0.6 is 23.4 Å². The van der Waals surface area contributed by atoms with E-state index >= 15 is 0 Å². The van der Waals surface area contributed by atoms with E-state index in [2.05, 4.69) is 9.97 Å². The number of anilines is 1. The number of benzene rings is 2. The number of halogens is 1. The molecule has 0 aliphatic carbocycles. The summed E-state index contributed by atoms with van der Waals surface area (Å²) in [4.78, 5) is 9.90. The molecule has 3 nitrogen and oxygen atoms in total. The Morgan fingerprint density at radius 2 is 1.62 bits per heavy atom. The molecule has 21 heavy (non-hydrogen) atoms. The third-order valence-electron chi connectivity index (χ3n) is 2.79. The van der Waals surface area contributed by atoms with Gasteiger partial charge in [-0.2, -0.15) is 0 Å². The fraction of sp³-hybridized carbons (Fsp3) is 0. The maximum absolute atomic E-state index is 5.89. The molecule has 0 spiro atoms. The van der Waals surface area contributed by atoms with Crippen molar-refractivity contribution in [3.63, 3.8) is 0 Å². The third-order valence-corrected chi connectivity index (χ3v) is 3.97. The molecule has 0 aliphatic heterocycles. The second kappa shape index (κ2) is 6.16. The van der Waals surface area contributed by atoms with E-state index in [1.54, 1.807) is 6.07 Å². The number of rotatable bonds is 3. The molecule has 0 unspecified atom stereocenters. The second-order valence-electron chi connectivity index (χ2n) is 4.38. The van der Waals surface area contributed by atoms with Crippen LogP contribution in [0.3, 0.4) is 0 Å². The fourth-order valence-electron chi connectivity index (χ4n) is 1.83. The normalized spacial score (nSPS) is 10.5. The standard InChI is InChI=1S/C16H12ClN3S/c17-12-6-8-13(9-7-12)21-15-10-14(18)19-16(20-15)11-4-2-1-3-5-11/h1-10H,(H2,18,19,20). The molecule has 0 radical (unpaired) electrons. The lowest BCUT2D eigenvalue weighted by molar-refractivity contribution is 1.06. The fourth-order valence-corrected chi connectivity index (χ4v) is 2.79. The lowest BCUT2D eigenvalue weighted by Crippen LogP contribution is -1.97. The molecule has 3 aromatic rings. The monoisotopic (exact) mass is 313 g/mol. The molecule has 5 heteroatoms. The quantitative estimate of drug-likeness (QED) is 0.722. The van der Waals surface area contributed by atoms with Gasteiger partial charge >= 0.3 is 0 Å². The minimum Gasteiger partial charge on any atom is -0.384 e. The van der Waals surface area contributed by atoms with Crippen LogP contribution in [0.5, 0.6) is 0 Å². The summed E-state index contributed by atoms with van der Waals surface area (Å²) in [5.74, 6) is 1.09. The Morgan fingerprint density at radius 3 is 2.33 bits per heavy atom. The molecule has 0 amide bonds. The van der Waals surface area contributed by atoms with Crippen molar-refractivity contribution in [2.75, 3.05) is 5.73 Å². The number of nitrogen functional groups attached to an aromatic ring is 1. The zero-order valence-electron chi connectivity index (χ0n) is 11.0. The predicted molar refractivity (Wildman–Crippen MR) is 87.5 cm³/mol. The number of nitrogens with zero attached hydrogens (tertiary/aromatic N) is 2. The SMILES string of the molecule is Nc1cc(Sc2ccc(Cl)cc2)nc(-c2ccccc2)n1. The Balaban J connectivity index is 1.93. The summed E-state index contributed by atoms with van der Waals surface area (Å²) < 4.78 is 0. The molecule has 104 valence electrons. The first kappa shape index (κ1) is 13.9. The van der Waals surface area contributed by atoms with Crippen LogP contribution in [0.15, 0.2) is 70.6 Å². The van der Waals surface area contributed by atoms with Crippen LogP contribution in [0.4, 0.5) is 5.82 Å². The number of aromatic nitrogens is 2. The topological polar surface area (TPSA) is 51.8 Å². The maximum Gasteiger partial charge on any atom is 0.162 e. The molecule has 0 saturated heterocycles. The lowest BCUT2D eigenvalue weighted by atomic mass is 10.2. The Hall–Kier alpha value is -2.04. The summed E-state index contributed by atoms with van der Waals surface area (Å²) in [7, 11) is 0. The van der Waals surface area contributed by atoms with Crippen LogP contribution in [0, 0.1) is 0 Å². The van der Waals surface area contributed by atoms with Gasteiger partial charge in [0.2, 0.25) is 0 Å². The summed E-state index contributed by atoms with van der Waals surface area (Å²) in [5.41, 5.74) is 6.84. The van der Waals surface area contributed by atoms with Gasteiger partial charge in [0.15, 0.2) is 5.82 Å². The minimum atomic E-state index is 0.459. The van der Waals surface area contributed by atoms with Crippen molar-refractivity contribution in [2.24, 2.45) is 0 Å². The van der Waals surface area contributed by atoms with Crippen LogP contribution in [-0.4, -0.2) is 9.97 Å². The highest BCUT2D eigenvalue weighted by atomic mass is 35.5. The van der Waals surface area contributed by atoms with Gasteiger partial charge < -0.3 is 5.73 Å². The average molecular weight is 314 g/mol. The van der Waals surface area contributed by atoms with Gasteiger partial charge in [-0.25, -0.2) is 9.97 Å². The number of hydrogen-bond acceptors (Lipinski definition) is 4. The average Bonchev–Trinajstić information content (AvgIpc) is 2.50. The first-order valence-electron chi connectivity index (χ1n) is 6.34. The number of nitrogens with two attached hydrogens (primary N) is 1. The summed E-state index contributed by atoms with van der Waals surface area (Å²) in [6.07, 6.45) is 0. The second-order valence-corrected chi connectivity index (χ2v) is 5.91. The third kappa shape index (κ3) is 3.54. The van der Waals surface area contributed by atoms with Crippen LogP contribution in [0.1, 0.15) is 0 Å². The van der Waals surface area contributed by atoms with Crippen LogP contribution in [0.25, 0.3) is 11.4 Å². The van der Waals surface area contributed by atoms with Crippen LogP contribution < -0.4 is 5.73 Å². The zero-order valence-corrected chi connectivity index (χ0v) is 12.6. The summed E-state index contributed by atoms with van der Waals surface area (Å²) in [6.45, 7) is 0. The van der Waals surface area contributed by atoms with Crippen molar-refractivity contribution >= 4 is 29.2 Å². The van der Waals surface area contributed by atoms with Crippen LogP contribution in [0.2, 0.25) is 5.02 Å². The predicted octanol–water partition coefficient (Wildman–Crippen LogP) is 4.53. The summed E-state index contributed by atoms with van der Waals surface area (Å²) >= 11 is 7.42. The Morgan fingerprint density at radius 1 is 0.905 bits per heavy atom. The minimum absolute atomic E-state index is 0.459. The molecule has 0 aliphatic rings. The first-order valence-corrected chi connectivity index (χ1v) is 7.53. The molecule has 2 aromatic carbocycles. The Labute approximate surface area is 132 Å². The molecular formula is C16H12ClN3S. The molecule has 0 saturated carbocycles. The Kier molecular flexibility index (Phi) is 4.08. The lowest BCUT2D eigenvalue weighted by Gasteiger charge is -2.06. The highest BCUT2D eigenvalue weighted by molar-refractivity contribution is 7.99. The van der Waals surface area contributed by atoms with E-state index in [9.17, 15) is 0 Å². The van der Waals surface area contributed by atoms with E-state index in [-0.39, 0.29) is 0 Å². The van der Waals surface area contributed by atoms with Crippen LogP contribution in [-0.2, 0) is 0 Å². The molecule has 0 bridgehead atoms. The van der Waals surface area contributed by atoms with Gasteiger partial charge in [-0.05, 0) is 24.3 Å². The van der Waals surface area contributed by atoms with Crippen molar-refractivity contribution in [3.8, 4) is 11.4 Å². The van der Waals surface area contributed by atoms with E-state index in [4.69, 9.17) is 17.3 Å². The number of hydrogen-bond donors (Lipinski definition) is 1. The van der Waals surface area contributed by atoms with Crippen molar-refractivity contribution in [3.05, 3.63) is 65.7 Å². The zero-order chi connectivity index (χ0) is 14.7. The van der Waals surface area contributed by atoms with Gasteiger partial charge in [-0.15, -0.1) is 0 Å². The van der Waals surface area contributed by atoms with Crippen molar-refractivity contribution < 1.29 is 0 Å². The highest BCUT2D eigenvalue weighted by Crippen LogP contribution is 2.29. The smallest absolute Gasteiger partial charge is 0.162 e. The van der Waals surface area contributed by atoms with Crippen molar-refractivity contribution in [1.29, 1.82) is 0 Å². The van der Waals surface area contributed by atoms with Gasteiger partial charge in [-0.3, -0.25) is 0 Å². The van der Waals surface area contributed by atoms with E-state index in [1.807, 2.05) is 54.6 Å². The molecular weight excluding hydrogens is 302 g/mol.